The maximum atomic E-state index is 6.24. The van der Waals surface area contributed by atoms with Crippen molar-refractivity contribution in [3.8, 4) is 0 Å². The SMILES string of the molecule is CCCNC(COC(C)C)c1ccc(Cl)cc1Cl. The van der Waals surface area contributed by atoms with Gasteiger partial charge in [-0.1, -0.05) is 36.2 Å². The fraction of sp³-hybridized carbons (Fsp3) is 0.571. The molecule has 1 aromatic carbocycles. The lowest BCUT2D eigenvalue weighted by molar-refractivity contribution is 0.0611. The second-order valence-electron chi connectivity index (χ2n) is 4.55. The van der Waals surface area contributed by atoms with Gasteiger partial charge in [-0.2, -0.15) is 0 Å². The van der Waals surface area contributed by atoms with Crippen molar-refractivity contribution in [2.75, 3.05) is 13.2 Å². The third kappa shape index (κ3) is 5.15. The smallest absolute Gasteiger partial charge is 0.0665 e. The summed E-state index contributed by atoms with van der Waals surface area (Å²) in [6.45, 7) is 7.74. The Hall–Kier alpha value is -0.280. The first kappa shape index (κ1) is 15.8. The van der Waals surface area contributed by atoms with E-state index in [0.29, 0.717) is 16.7 Å². The zero-order chi connectivity index (χ0) is 13.5. The molecule has 0 aliphatic rings. The van der Waals surface area contributed by atoms with E-state index >= 15 is 0 Å². The van der Waals surface area contributed by atoms with Gasteiger partial charge in [0.2, 0.25) is 0 Å². The minimum Gasteiger partial charge on any atom is -0.377 e. The van der Waals surface area contributed by atoms with Gasteiger partial charge in [0.25, 0.3) is 0 Å². The van der Waals surface area contributed by atoms with Gasteiger partial charge < -0.3 is 10.1 Å². The van der Waals surface area contributed by atoms with Crippen LogP contribution in [0.5, 0.6) is 0 Å². The minimum absolute atomic E-state index is 0.108. The average molecular weight is 290 g/mol. The Balaban J connectivity index is 2.79. The Morgan fingerprint density at radius 2 is 2.00 bits per heavy atom. The fourth-order valence-electron chi connectivity index (χ4n) is 1.65. The van der Waals surface area contributed by atoms with E-state index in [1.807, 2.05) is 26.0 Å². The van der Waals surface area contributed by atoms with Crippen LogP contribution in [0.2, 0.25) is 10.0 Å². The Morgan fingerprint density at radius 3 is 2.56 bits per heavy atom. The molecule has 1 rings (SSSR count). The molecule has 1 N–H and O–H groups in total. The lowest BCUT2D eigenvalue weighted by atomic mass is 10.1. The highest BCUT2D eigenvalue weighted by Crippen LogP contribution is 2.26. The monoisotopic (exact) mass is 289 g/mol. The summed E-state index contributed by atoms with van der Waals surface area (Å²) in [6.07, 6.45) is 1.28. The second kappa shape index (κ2) is 8.00. The molecule has 0 bridgehead atoms. The highest BCUT2D eigenvalue weighted by Gasteiger charge is 2.15. The van der Waals surface area contributed by atoms with Crippen LogP contribution in [0, 0.1) is 0 Å². The van der Waals surface area contributed by atoms with Gasteiger partial charge in [-0.3, -0.25) is 0 Å². The van der Waals surface area contributed by atoms with Gasteiger partial charge in [0.15, 0.2) is 0 Å². The molecule has 0 heterocycles. The Bertz CT molecular complexity index is 369. The van der Waals surface area contributed by atoms with Gasteiger partial charge in [-0.25, -0.2) is 0 Å². The zero-order valence-electron chi connectivity index (χ0n) is 11.2. The number of halogens is 2. The molecule has 0 radical (unpaired) electrons. The molecule has 18 heavy (non-hydrogen) atoms. The van der Waals surface area contributed by atoms with Gasteiger partial charge in [0.1, 0.15) is 0 Å². The van der Waals surface area contributed by atoms with Gasteiger partial charge in [-0.05, 0) is 44.5 Å². The van der Waals surface area contributed by atoms with Crippen molar-refractivity contribution in [2.45, 2.75) is 39.3 Å². The quantitative estimate of drug-likeness (QED) is 0.800. The van der Waals surface area contributed by atoms with Crippen molar-refractivity contribution in [1.82, 2.24) is 5.32 Å². The third-order valence-corrected chi connectivity index (χ3v) is 3.14. The molecule has 0 aliphatic heterocycles. The average Bonchev–Trinajstić information content (AvgIpc) is 2.30. The molecule has 0 amide bonds. The maximum Gasteiger partial charge on any atom is 0.0665 e. The van der Waals surface area contributed by atoms with Crippen LogP contribution < -0.4 is 5.32 Å². The standard InChI is InChI=1S/C14H21Cl2NO/c1-4-7-17-14(9-18-10(2)3)12-6-5-11(15)8-13(12)16/h5-6,8,10,14,17H,4,7,9H2,1-3H3. The summed E-state index contributed by atoms with van der Waals surface area (Å²) in [5.41, 5.74) is 1.04. The first-order valence-electron chi connectivity index (χ1n) is 6.34. The molecule has 1 aromatic rings. The molecule has 1 unspecified atom stereocenters. The largest absolute Gasteiger partial charge is 0.377 e. The van der Waals surface area contributed by atoms with E-state index in [0.717, 1.165) is 18.5 Å². The number of ether oxygens (including phenoxy) is 1. The van der Waals surface area contributed by atoms with Gasteiger partial charge in [0, 0.05) is 10.0 Å². The van der Waals surface area contributed by atoms with E-state index in [1.54, 1.807) is 6.07 Å². The van der Waals surface area contributed by atoms with E-state index < -0.39 is 0 Å². The van der Waals surface area contributed by atoms with Crippen LogP contribution in [0.15, 0.2) is 18.2 Å². The third-order valence-electron chi connectivity index (χ3n) is 2.57. The summed E-state index contributed by atoms with van der Waals surface area (Å²) in [6, 6.07) is 5.70. The predicted octanol–water partition coefficient (Wildman–Crippen LogP) is 4.46. The predicted molar refractivity (Wildman–Crippen MR) is 78.6 cm³/mol. The van der Waals surface area contributed by atoms with Crippen LogP contribution in [0.3, 0.4) is 0 Å². The topological polar surface area (TPSA) is 21.3 Å². The molecular weight excluding hydrogens is 269 g/mol. The Kier molecular flexibility index (Phi) is 7.02. The molecule has 4 heteroatoms. The van der Waals surface area contributed by atoms with Gasteiger partial charge >= 0.3 is 0 Å². The summed E-state index contributed by atoms with van der Waals surface area (Å²) in [5, 5.41) is 4.79. The van der Waals surface area contributed by atoms with E-state index in [1.165, 1.54) is 0 Å². The molecule has 0 saturated carbocycles. The highest BCUT2D eigenvalue weighted by atomic mass is 35.5. The molecule has 0 spiro atoms. The van der Waals surface area contributed by atoms with Crippen LogP contribution in [-0.4, -0.2) is 19.3 Å². The summed E-state index contributed by atoms with van der Waals surface area (Å²) < 4.78 is 5.69. The van der Waals surface area contributed by atoms with E-state index in [4.69, 9.17) is 27.9 Å². The van der Waals surface area contributed by atoms with Crippen molar-refractivity contribution in [3.63, 3.8) is 0 Å². The van der Waals surface area contributed by atoms with E-state index in [9.17, 15) is 0 Å². The lowest BCUT2D eigenvalue weighted by Gasteiger charge is -2.21. The van der Waals surface area contributed by atoms with Gasteiger partial charge in [0.05, 0.1) is 18.8 Å². The normalized spacial score (nSPS) is 13.0. The number of hydrogen-bond donors (Lipinski definition) is 1. The number of hydrogen-bond acceptors (Lipinski definition) is 2. The number of benzene rings is 1. The first-order chi connectivity index (χ1) is 8.54. The van der Waals surface area contributed by atoms with Crippen molar-refractivity contribution in [3.05, 3.63) is 33.8 Å². The second-order valence-corrected chi connectivity index (χ2v) is 5.40. The lowest BCUT2D eigenvalue weighted by Crippen LogP contribution is -2.27. The van der Waals surface area contributed by atoms with Crippen molar-refractivity contribution in [1.29, 1.82) is 0 Å². The summed E-state index contributed by atoms with van der Waals surface area (Å²) in [7, 11) is 0. The van der Waals surface area contributed by atoms with E-state index in [2.05, 4.69) is 12.2 Å². The molecule has 1 atom stereocenters. The fourth-order valence-corrected chi connectivity index (χ4v) is 2.19. The van der Waals surface area contributed by atoms with E-state index in [-0.39, 0.29) is 12.1 Å². The van der Waals surface area contributed by atoms with Crippen molar-refractivity contribution in [2.24, 2.45) is 0 Å². The highest BCUT2D eigenvalue weighted by molar-refractivity contribution is 6.35. The molecule has 0 fully saturated rings. The summed E-state index contributed by atoms with van der Waals surface area (Å²) >= 11 is 12.2. The van der Waals surface area contributed by atoms with Gasteiger partial charge in [-0.15, -0.1) is 0 Å². The van der Waals surface area contributed by atoms with Crippen LogP contribution in [0.1, 0.15) is 38.8 Å². The number of rotatable bonds is 7. The maximum absolute atomic E-state index is 6.24. The Labute approximate surface area is 120 Å². The van der Waals surface area contributed by atoms with Crippen LogP contribution >= 0.6 is 23.2 Å². The zero-order valence-corrected chi connectivity index (χ0v) is 12.7. The minimum atomic E-state index is 0.108. The van der Waals surface area contributed by atoms with Crippen molar-refractivity contribution >= 4 is 23.2 Å². The van der Waals surface area contributed by atoms with Crippen LogP contribution in [-0.2, 0) is 4.74 Å². The first-order valence-corrected chi connectivity index (χ1v) is 7.10. The molecular formula is C14H21Cl2NO. The summed E-state index contributed by atoms with van der Waals surface area (Å²) in [5.74, 6) is 0. The summed E-state index contributed by atoms with van der Waals surface area (Å²) in [4.78, 5) is 0. The van der Waals surface area contributed by atoms with Crippen LogP contribution in [0.4, 0.5) is 0 Å². The number of nitrogens with one attached hydrogen (secondary N) is 1. The molecule has 2 nitrogen and oxygen atoms in total. The Morgan fingerprint density at radius 1 is 1.28 bits per heavy atom. The van der Waals surface area contributed by atoms with Crippen molar-refractivity contribution < 1.29 is 4.74 Å². The molecule has 0 aliphatic carbocycles. The molecule has 0 aromatic heterocycles. The van der Waals surface area contributed by atoms with Crippen LogP contribution in [0.25, 0.3) is 0 Å². The molecule has 0 saturated heterocycles. The molecule has 102 valence electrons.